The van der Waals surface area contributed by atoms with Crippen molar-refractivity contribution >= 4 is 40.6 Å². The fourth-order valence-electron chi connectivity index (χ4n) is 4.32. The van der Waals surface area contributed by atoms with Crippen LogP contribution in [-0.2, 0) is 0 Å². The number of benzene rings is 1. The highest BCUT2D eigenvalue weighted by Gasteiger charge is 2.26. The molecule has 36 heavy (non-hydrogen) atoms. The highest BCUT2D eigenvalue weighted by Crippen LogP contribution is 2.33. The molecule has 3 heterocycles. The van der Waals surface area contributed by atoms with E-state index < -0.39 is 6.10 Å². The number of carbonyl (C=O) groups excluding carboxylic acids is 1. The minimum atomic E-state index is -0.438. The van der Waals surface area contributed by atoms with Crippen LogP contribution in [0.25, 0.3) is 0 Å². The maximum absolute atomic E-state index is 12.2. The van der Waals surface area contributed by atoms with Gasteiger partial charge in [-0.1, -0.05) is 23.2 Å². The summed E-state index contributed by atoms with van der Waals surface area (Å²) in [5, 5.41) is 14.1. The Morgan fingerprint density at radius 3 is 2.50 bits per heavy atom. The average Bonchev–Trinajstić information content (AvgIpc) is 3.34. The molecular weight excluding hydrogens is 501 g/mol. The van der Waals surface area contributed by atoms with E-state index >= 15 is 0 Å². The molecule has 2 amide bonds. The van der Waals surface area contributed by atoms with Gasteiger partial charge in [0.15, 0.2) is 0 Å². The number of nitrogens with zero attached hydrogens (tertiary/aromatic N) is 5. The molecule has 1 atom stereocenters. The standard InChI is InChI=1S/C25H29Cl2N7O2/c1-15(23-20(26)12-30-13-21(23)27)36-18-4-5-22(28)19(10-18)24(29)16-11-31-34(14-16)17-6-8-33(9-7-17)25(35)32(2)3/h4-5,10-15,17,29H,6-9,28H2,1-3H3/t15-/m1/s1. The van der Waals surface area contributed by atoms with Crippen LogP contribution in [0, 0.1) is 5.41 Å². The number of hydrogen-bond donors (Lipinski definition) is 2. The van der Waals surface area contributed by atoms with Crippen molar-refractivity contribution in [3.8, 4) is 5.75 Å². The molecule has 0 saturated carbocycles. The Morgan fingerprint density at radius 1 is 1.19 bits per heavy atom. The predicted octanol–water partition coefficient (Wildman–Crippen LogP) is 5.04. The van der Waals surface area contributed by atoms with Crippen molar-refractivity contribution in [2.75, 3.05) is 32.9 Å². The van der Waals surface area contributed by atoms with Crippen LogP contribution in [0.3, 0.4) is 0 Å². The number of piperidine rings is 1. The van der Waals surface area contributed by atoms with Crippen LogP contribution in [0.15, 0.2) is 43.0 Å². The van der Waals surface area contributed by atoms with Gasteiger partial charge in [-0.2, -0.15) is 5.10 Å². The molecule has 1 fully saturated rings. The van der Waals surface area contributed by atoms with Crippen LogP contribution in [0.4, 0.5) is 10.5 Å². The number of urea groups is 1. The van der Waals surface area contributed by atoms with Crippen LogP contribution >= 0.6 is 23.2 Å². The number of ether oxygens (including phenoxy) is 1. The van der Waals surface area contributed by atoms with Crippen molar-refractivity contribution in [1.82, 2.24) is 24.6 Å². The molecule has 3 N–H and O–H groups in total. The number of hydrogen-bond acceptors (Lipinski definition) is 6. The Balaban J connectivity index is 1.47. The summed E-state index contributed by atoms with van der Waals surface area (Å²) in [6.07, 6.45) is 7.75. The largest absolute Gasteiger partial charge is 0.486 e. The van der Waals surface area contributed by atoms with Gasteiger partial charge >= 0.3 is 6.03 Å². The molecule has 2 aromatic heterocycles. The van der Waals surface area contributed by atoms with E-state index in [1.807, 2.05) is 22.7 Å². The van der Waals surface area contributed by atoms with Gasteiger partial charge in [0.1, 0.15) is 11.9 Å². The Bertz CT molecular complexity index is 1250. The zero-order chi connectivity index (χ0) is 26.0. The van der Waals surface area contributed by atoms with Crippen molar-refractivity contribution in [1.29, 1.82) is 5.41 Å². The lowest BCUT2D eigenvalue weighted by molar-refractivity contribution is 0.146. The number of amides is 2. The number of nitrogens with one attached hydrogen (secondary N) is 1. The summed E-state index contributed by atoms with van der Waals surface area (Å²) < 4.78 is 7.97. The number of halogens is 2. The molecule has 0 spiro atoms. The van der Waals surface area contributed by atoms with Gasteiger partial charge in [0.25, 0.3) is 0 Å². The van der Waals surface area contributed by atoms with Crippen molar-refractivity contribution in [3.63, 3.8) is 0 Å². The van der Waals surface area contributed by atoms with E-state index in [0.29, 0.717) is 51.3 Å². The molecule has 11 heteroatoms. The molecule has 3 aromatic rings. The lowest BCUT2D eigenvalue weighted by Crippen LogP contribution is -2.44. The summed E-state index contributed by atoms with van der Waals surface area (Å²) in [4.78, 5) is 19.6. The summed E-state index contributed by atoms with van der Waals surface area (Å²) in [5.41, 5.74) is 8.76. The number of nitrogens with two attached hydrogens (primary N) is 1. The number of likely N-dealkylation sites (tertiary alicyclic amines) is 1. The molecule has 9 nitrogen and oxygen atoms in total. The monoisotopic (exact) mass is 529 g/mol. The smallest absolute Gasteiger partial charge is 0.319 e. The Morgan fingerprint density at radius 2 is 1.86 bits per heavy atom. The summed E-state index contributed by atoms with van der Waals surface area (Å²) in [7, 11) is 3.52. The van der Waals surface area contributed by atoms with Crippen LogP contribution < -0.4 is 10.5 Å². The third-order valence-corrected chi connectivity index (χ3v) is 6.89. The topological polar surface area (TPSA) is 113 Å². The number of rotatable bonds is 6. The summed E-state index contributed by atoms with van der Waals surface area (Å²) in [6, 6.07) is 5.39. The number of pyridine rings is 1. The summed E-state index contributed by atoms with van der Waals surface area (Å²) in [6.45, 7) is 3.19. The quantitative estimate of drug-likeness (QED) is 0.342. The van der Waals surface area contributed by atoms with Gasteiger partial charge in [-0.25, -0.2) is 4.79 Å². The van der Waals surface area contributed by atoms with E-state index in [9.17, 15) is 4.79 Å². The van der Waals surface area contributed by atoms with E-state index in [4.69, 9.17) is 39.1 Å². The second-order valence-electron chi connectivity index (χ2n) is 9.01. The van der Waals surface area contributed by atoms with Crippen LogP contribution in [0.5, 0.6) is 5.75 Å². The first-order chi connectivity index (χ1) is 17.2. The lowest BCUT2D eigenvalue weighted by atomic mass is 10.0. The zero-order valence-electron chi connectivity index (χ0n) is 20.4. The maximum Gasteiger partial charge on any atom is 0.319 e. The molecule has 1 aromatic carbocycles. The minimum absolute atomic E-state index is 0.0248. The third kappa shape index (κ3) is 5.42. The van der Waals surface area contributed by atoms with Crippen molar-refractivity contribution < 1.29 is 9.53 Å². The molecule has 0 radical (unpaired) electrons. The molecule has 0 aliphatic carbocycles. The van der Waals surface area contributed by atoms with Crippen molar-refractivity contribution in [2.24, 2.45) is 0 Å². The molecule has 1 aliphatic rings. The van der Waals surface area contributed by atoms with Crippen molar-refractivity contribution in [2.45, 2.75) is 31.9 Å². The van der Waals surface area contributed by atoms with E-state index in [0.717, 1.165) is 12.8 Å². The minimum Gasteiger partial charge on any atom is -0.486 e. The van der Waals surface area contributed by atoms with Gasteiger partial charge in [0.05, 0.1) is 28.0 Å². The van der Waals surface area contributed by atoms with E-state index in [2.05, 4.69) is 10.1 Å². The van der Waals surface area contributed by atoms with Crippen molar-refractivity contribution in [3.05, 3.63) is 69.7 Å². The molecule has 0 unspecified atom stereocenters. The summed E-state index contributed by atoms with van der Waals surface area (Å²) in [5.74, 6) is 0.533. The number of carbonyl (C=O) groups is 1. The Labute approximate surface area is 220 Å². The molecule has 1 saturated heterocycles. The van der Waals surface area contributed by atoms with Gasteiger partial charge in [-0.05, 0) is 38.0 Å². The maximum atomic E-state index is 12.2. The summed E-state index contributed by atoms with van der Waals surface area (Å²) >= 11 is 12.5. The number of anilines is 1. The van der Waals surface area contributed by atoms with E-state index in [1.54, 1.807) is 43.4 Å². The van der Waals surface area contributed by atoms with Gasteiger partial charge in [0.2, 0.25) is 0 Å². The SMILES string of the molecule is C[C@@H](Oc1ccc(N)c(C(=N)c2cnn(C3CCN(C(=O)N(C)C)CC3)c2)c1)c1c(Cl)cncc1Cl. The first kappa shape index (κ1) is 25.8. The molecular formula is C25H29Cl2N7O2. The highest BCUT2D eigenvalue weighted by molar-refractivity contribution is 6.35. The zero-order valence-corrected chi connectivity index (χ0v) is 21.9. The second-order valence-corrected chi connectivity index (χ2v) is 9.82. The third-order valence-electron chi connectivity index (χ3n) is 6.29. The van der Waals surface area contributed by atoms with Gasteiger partial charge in [-0.3, -0.25) is 15.1 Å². The first-order valence-electron chi connectivity index (χ1n) is 11.6. The lowest BCUT2D eigenvalue weighted by Gasteiger charge is -2.33. The fraction of sp³-hybridized carbons (Fsp3) is 0.360. The first-order valence-corrected chi connectivity index (χ1v) is 12.4. The average molecular weight is 530 g/mol. The number of aromatic nitrogens is 3. The van der Waals surface area contributed by atoms with E-state index in [-0.39, 0.29) is 17.8 Å². The molecule has 4 rings (SSSR count). The van der Waals surface area contributed by atoms with Crippen LogP contribution in [-0.4, -0.2) is 63.5 Å². The Kier molecular flexibility index (Phi) is 7.70. The van der Waals surface area contributed by atoms with Crippen LogP contribution in [0.2, 0.25) is 10.0 Å². The second kappa shape index (κ2) is 10.8. The normalized spacial score (nSPS) is 15.0. The molecule has 190 valence electrons. The number of nitrogen functional groups attached to an aromatic ring is 1. The van der Waals surface area contributed by atoms with E-state index in [1.165, 1.54) is 12.4 Å². The van der Waals surface area contributed by atoms with Gasteiger partial charge in [-0.15, -0.1) is 0 Å². The van der Waals surface area contributed by atoms with Gasteiger partial charge < -0.3 is 20.3 Å². The highest BCUT2D eigenvalue weighted by atomic mass is 35.5. The van der Waals surface area contributed by atoms with Crippen LogP contribution in [0.1, 0.15) is 48.6 Å². The van der Waals surface area contributed by atoms with Gasteiger partial charge in [0, 0.05) is 68.2 Å². The molecule has 1 aliphatic heterocycles. The molecule has 0 bridgehead atoms. The Hall–Kier alpha value is -3.30. The predicted molar refractivity (Wildman–Crippen MR) is 141 cm³/mol. The fourth-order valence-corrected chi connectivity index (χ4v) is 5.00.